The minimum absolute atomic E-state index is 0.0517. The quantitative estimate of drug-likeness (QED) is 0.572. The van der Waals surface area contributed by atoms with Crippen molar-refractivity contribution in [3.8, 4) is 0 Å². The van der Waals surface area contributed by atoms with Crippen molar-refractivity contribution >= 4 is 17.5 Å². The summed E-state index contributed by atoms with van der Waals surface area (Å²) in [4.78, 5) is 24.3. The number of aliphatic hydroxyl groups is 1. The van der Waals surface area contributed by atoms with Crippen LogP contribution in [-0.4, -0.2) is 29.6 Å². The van der Waals surface area contributed by atoms with Gasteiger partial charge in [-0.15, -0.1) is 0 Å². The number of rotatable bonds is 5. The molecule has 0 radical (unpaired) electrons. The number of hydrogen-bond acceptors (Lipinski definition) is 3. The number of amides is 2. The molecule has 1 aliphatic carbocycles. The van der Waals surface area contributed by atoms with E-state index in [2.05, 4.69) is 10.6 Å². The van der Waals surface area contributed by atoms with Gasteiger partial charge in [0.05, 0.1) is 0 Å². The molecule has 2 rings (SSSR count). The second kappa shape index (κ2) is 7.92. The van der Waals surface area contributed by atoms with Gasteiger partial charge in [-0.2, -0.15) is 0 Å². The van der Waals surface area contributed by atoms with Crippen LogP contribution in [0.4, 0.5) is 5.69 Å². The van der Waals surface area contributed by atoms with E-state index in [1.165, 1.54) is 0 Å². The average Bonchev–Trinajstić information content (AvgIpc) is 3.02. The van der Waals surface area contributed by atoms with E-state index in [1.54, 1.807) is 0 Å². The van der Waals surface area contributed by atoms with Crippen molar-refractivity contribution in [2.24, 2.45) is 5.92 Å². The number of para-hydroxylation sites is 1. The van der Waals surface area contributed by atoms with Gasteiger partial charge in [-0.3, -0.25) is 9.59 Å². The Kier molecular flexibility index (Phi) is 5.93. The summed E-state index contributed by atoms with van der Waals surface area (Å²) in [5, 5.41) is 14.5. The van der Waals surface area contributed by atoms with Crippen LogP contribution in [0.25, 0.3) is 0 Å². The molecule has 0 spiro atoms. The molecule has 5 heteroatoms. The summed E-state index contributed by atoms with van der Waals surface area (Å²) >= 11 is 0. The summed E-state index contributed by atoms with van der Waals surface area (Å²) in [5.74, 6) is -1.25. The summed E-state index contributed by atoms with van der Waals surface area (Å²) in [6.45, 7) is 4.09. The van der Waals surface area contributed by atoms with Crippen LogP contribution in [0.15, 0.2) is 30.4 Å². The number of aliphatic hydroxyl groups excluding tert-OH is 1. The van der Waals surface area contributed by atoms with E-state index >= 15 is 0 Å². The Morgan fingerprint density at radius 1 is 1.13 bits per heavy atom. The van der Waals surface area contributed by atoms with Gasteiger partial charge in [-0.05, 0) is 30.4 Å². The van der Waals surface area contributed by atoms with Gasteiger partial charge in [-0.25, -0.2) is 0 Å². The minimum atomic E-state index is -0.651. The van der Waals surface area contributed by atoms with Gasteiger partial charge >= 0.3 is 11.8 Å². The number of aryl methyl sites for hydroxylation is 2. The van der Waals surface area contributed by atoms with Crippen LogP contribution in [0, 0.1) is 5.92 Å². The first kappa shape index (κ1) is 17.2. The fraction of sp³-hybridized carbons (Fsp3) is 0.444. The number of hydrogen-bond donors (Lipinski definition) is 3. The van der Waals surface area contributed by atoms with Gasteiger partial charge in [0.15, 0.2) is 0 Å². The number of nitrogens with one attached hydrogen (secondary N) is 2. The van der Waals surface area contributed by atoms with Crippen molar-refractivity contribution in [2.45, 2.75) is 39.2 Å². The van der Waals surface area contributed by atoms with E-state index < -0.39 is 11.8 Å². The summed E-state index contributed by atoms with van der Waals surface area (Å²) < 4.78 is 0. The first-order valence-electron chi connectivity index (χ1n) is 8.10. The van der Waals surface area contributed by atoms with Crippen LogP contribution < -0.4 is 10.6 Å². The van der Waals surface area contributed by atoms with Gasteiger partial charge in [0.2, 0.25) is 0 Å². The first-order valence-corrected chi connectivity index (χ1v) is 8.10. The molecule has 0 saturated heterocycles. The standard InChI is InChI=1S/C18H24N2O3/c1-3-13-6-5-7-14(4-2)16(13)20-18(23)17(22)19-15-9-8-12(10-15)11-21/h5-9,12,15,21H,3-4,10-11H2,1-2H3,(H,19,22)(H,20,23)/t12-,15+/m0/s1. The maximum atomic E-state index is 12.2. The monoisotopic (exact) mass is 316 g/mol. The average molecular weight is 316 g/mol. The fourth-order valence-corrected chi connectivity index (χ4v) is 2.82. The molecular formula is C18H24N2O3. The summed E-state index contributed by atoms with van der Waals surface area (Å²) in [5.41, 5.74) is 2.78. The van der Waals surface area contributed by atoms with Crippen molar-refractivity contribution in [1.29, 1.82) is 0 Å². The van der Waals surface area contributed by atoms with Gasteiger partial charge < -0.3 is 15.7 Å². The number of anilines is 1. The Morgan fingerprint density at radius 2 is 1.78 bits per heavy atom. The molecule has 124 valence electrons. The normalized spacial score (nSPS) is 19.6. The van der Waals surface area contributed by atoms with Crippen molar-refractivity contribution in [3.63, 3.8) is 0 Å². The Morgan fingerprint density at radius 3 is 2.30 bits per heavy atom. The predicted molar refractivity (Wildman–Crippen MR) is 90.1 cm³/mol. The van der Waals surface area contributed by atoms with E-state index in [1.807, 2.05) is 44.2 Å². The first-order chi connectivity index (χ1) is 11.1. The van der Waals surface area contributed by atoms with Crippen LogP contribution in [0.5, 0.6) is 0 Å². The van der Waals surface area contributed by atoms with Gasteiger partial charge in [0, 0.05) is 24.3 Å². The molecule has 2 atom stereocenters. The molecule has 23 heavy (non-hydrogen) atoms. The molecule has 0 unspecified atom stereocenters. The smallest absolute Gasteiger partial charge is 0.313 e. The molecule has 0 bridgehead atoms. The number of benzene rings is 1. The molecule has 1 aromatic carbocycles. The van der Waals surface area contributed by atoms with Crippen molar-refractivity contribution in [3.05, 3.63) is 41.5 Å². The van der Waals surface area contributed by atoms with E-state index in [4.69, 9.17) is 5.11 Å². The Bertz CT molecular complexity index is 588. The number of carbonyl (C=O) groups is 2. The van der Waals surface area contributed by atoms with Crippen molar-refractivity contribution in [2.75, 3.05) is 11.9 Å². The second-order valence-electron chi connectivity index (χ2n) is 5.76. The van der Waals surface area contributed by atoms with Crippen molar-refractivity contribution < 1.29 is 14.7 Å². The third-order valence-electron chi connectivity index (χ3n) is 4.17. The summed E-state index contributed by atoms with van der Waals surface area (Å²) in [7, 11) is 0. The third-order valence-corrected chi connectivity index (χ3v) is 4.17. The zero-order chi connectivity index (χ0) is 16.8. The van der Waals surface area contributed by atoms with E-state index in [0.717, 1.165) is 29.7 Å². The second-order valence-corrected chi connectivity index (χ2v) is 5.76. The molecule has 2 amide bonds. The third kappa shape index (κ3) is 4.20. The maximum Gasteiger partial charge on any atom is 0.313 e. The molecule has 3 N–H and O–H groups in total. The fourth-order valence-electron chi connectivity index (χ4n) is 2.82. The zero-order valence-electron chi connectivity index (χ0n) is 13.6. The highest BCUT2D eigenvalue weighted by atomic mass is 16.3. The van der Waals surface area contributed by atoms with E-state index in [0.29, 0.717) is 6.42 Å². The molecule has 0 aromatic heterocycles. The molecule has 5 nitrogen and oxygen atoms in total. The summed E-state index contributed by atoms with van der Waals surface area (Å²) in [6.07, 6.45) is 5.89. The minimum Gasteiger partial charge on any atom is -0.396 e. The lowest BCUT2D eigenvalue weighted by molar-refractivity contribution is -0.136. The molecule has 0 fully saturated rings. The SMILES string of the molecule is CCc1cccc(CC)c1NC(=O)C(=O)N[C@@H]1C=C[C@H](CO)C1. The Labute approximate surface area is 136 Å². The van der Waals surface area contributed by atoms with Crippen LogP contribution in [0.1, 0.15) is 31.4 Å². The van der Waals surface area contributed by atoms with E-state index in [-0.39, 0.29) is 18.6 Å². The van der Waals surface area contributed by atoms with Crippen LogP contribution in [0.3, 0.4) is 0 Å². The maximum absolute atomic E-state index is 12.2. The molecular weight excluding hydrogens is 292 g/mol. The Balaban J connectivity index is 2.02. The van der Waals surface area contributed by atoms with Crippen LogP contribution in [0.2, 0.25) is 0 Å². The summed E-state index contributed by atoms with van der Waals surface area (Å²) in [6, 6.07) is 5.68. The Hall–Kier alpha value is -2.14. The van der Waals surface area contributed by atoms with Crippen LogP contribution in [-0.2, 0) is 22.4 Å². The molecule has 1 aliphatic rings. The lowest BCUT2D eigenvalue weighted by Gasteiger charge is -2.16. The van der Waals surface area contributed by atoms with Crippen molar-refractivity contribution in [1.82, 2.24) is 5.32 Å². The molecule has 0 aliphatic heterocycles. The zero-order valence-corrected chi connectivity index (χ0v) is 13.6. The molecule has 1 aromatic rings. The predicted octanol–water partition coefficient (Wildman–Crippen LogP) is 1.80. The van der Waals surface area contributed by atoms with Gasteiger partial charge in [0.1, 0.15) is 0 Å². The number of carbonyl (C=O) groups excluding carboxylic acids is 2. The molecule has 0 saturated carbocycles. The lowest BCUT2D eigenvalue weighted by atomic mass is 10.0. The van der Waals surface area contributed by atoms with Gasteiger partial charge in [-0.1, -0.05) is 44.2 Å². The topological polar surface area (TPSA) is 78.4 Å². The highest BCUT2D eigenvalue weighted by Crippen LogP contribution is 2.22. The molecule has 0 heterocycles. The largest absolute Gasteiger partial charge is 0.396 e. The van der Waals surface area contributed by atoms with Gasteiger partial charge in [0.25, 0.3) is 0 Å². The highest BCUT2D eigenvalue weighted by molar-refractivity contribution is 6.39. The highest BCUT2D eigenvalue weighted by Gasteiger charge is 2.23. The van der Waals surface area contributed by atoms with E-state index in [9.17, 15) is 9.59 Å². The lowest BCUT2D eigenvalue weighted by Crippen LogP contribution is -2.41. The van der Waals surface area contributed by atoms with Crippen LogP contribution >= 0.6 is 0 Å².